The van der Waals surface area contributed by atoms with Gasteiger partial charge in [-0.15, -0.1) is 12.4 Å². The SMILES string of the molecule is Cl.O=C(CCNS(=O)(=O)c1ccc(F)cc1)N1CCCNCC1. The highest BCUT2D eigenvalue weighted by Crippen LogP contribution is 2.09. The molecule has 1 fully saturated rings. The van der Waals surface area contributed by atoms with Gasteiger partial charge in [0.05, 0.1) is 4.90 Å². The minimum Gasteiger partial charge on any atom is -0.341 e. The third-order valence-electron chi connectivity index (χ3n) is 3.45. The van der Waals surface area contributed by atoms with Crippen LogP contribution in [0, 0.1) is 5.82 Å². The summed E-state index contributed by atoms with van der Waals surface area (Å²) in [4.78, 5) is 13.8. The van der Waals surface area contributed by atoms with Crippen molar-refractivity contribution in [2.45, 2.75) is 17.7 Å². The van der Waals surface area contributed by atoms with E-state index in [1.165, 1.54) is 12.1 Å². The zero-order chi connectivity index (χ0) is 16.0. The van der Waals surface area contributed by atoms with Crippen LogP contribution in [-0.4, -0.2) is 51.9 Å². The third-order valence-corrected chi connectivity index (χ3v) is 4.92. The molecule has 0 saturated carbocycles. The molecule has 0 aliphatic carbocycles. The summed E-state index contributed by atoms with van der Waals surface area (Å²) >= 11 is 0. The van der Waals surface area contributed by atoms with Gasteiger partial charge in [0, 0.05) is 32.6 Å². The summed E-state index contributed by atoms with van der Waals surface area (Å²) in [6.07, 6.45) is 1.01. The highest BCUT2D eigenvalue weighted by Gasteiger charge is 2.17. The van der Waals surface area contributed by atoms with Gasteiger partial charge in [-0.25, -0.2) is 17.5 Å². The number of nitrogens with one attached hydrogen (secondary N) is 2. The van der Waals surface area contributed by atoms with Crippen molar-refractivity contribution in [2.24, 2.45) is 0 Å². The molecule has 1 saturated heterocycles. The van der Waals surface area contributed by atoms with Gasteiger partial charge in [-0.05, 0) is 37.2 Å². The van der Waals surface area contributed by atoms with Gasteiger partial charge in [0.15, 0.2) is 0 Å². The first-order valence-electron chi connectivity index (χ1n) is 7.23. The first kappa shape index (κ1) is 19.8. The number of hydrogen-bond acceptors (Lipinski definition) is 4. The number of nitrogens with zero attached hydrogens (tertiary/aromatic N) is 1. The number of carbonyl (C=O) groups excluding carboxylic acids is 1. The smallest absolute Gasteiger partial charge is 0.240 e. The van der Waals surface area contributed by atoms with Gasteiger partial charge in [0.1, 0.15) is 5.82 Å². The Kier molecular flexibility index (Phi) is 7.90. The van der Waals surface area contributed by atoms with Crippen LogP contribution in [0.15, 0.2) is 29.2 Å². The van der Waals surface area contributed by atoms with E-state index in [4.69, 9.17) is 0 Å². The van der Waals surface area contributed by atoms with E-state index < -0.39 is 15.8 Å². The van der Waals surface area contributed by atoms with Crippen LogP contribution < -0.4 is 10.0 Å². The van der Waals surface area contributed by atoms with E-state index in [1.807, 2.05) is 0 Å². The summed E-state index contributed by atoms with van der Waals surface area (Å²) in [5.74, 6) is -0.561. The molecule has 1 amide bonds. The molecular formula is C14H21ClFN3O3S. The molecule has 2 N–H and O–H groups in total. The highest BCUT2D eigenvalue weighted by molar-refractivity contribution is 7.89. The fraction of sp³-hybridized carbons (Fsp3) is 0.500. The number of carbonyl (C=O) groups is 1. The molecule has 1 heterocycles. The van der Waals surface area contributed by atoms with E-state index in [0.717, 1.165) is 31.6 Å². The fourth-order valence-electron chi connectivity index (χ4n) is 2.24. The van der Waals surface area contributed by atoms with E-state index in [2.05, 4.69) is 10.0 Å². The highest BCUT2D eigenvalue weighted by atomic mass is 35.5. The second-order valence-electron chi connectivity index (χ2n) is 5.09. The Morgan fingerprint density at radius 2 is 1.91 bits per heavy atom. The molecule has 0 unspecified atom stereocenters. The van der Waals surface area contributed by atoms with Gasteiger partial charge in [-0.3, -0.25) is 4.79 Å². The van der Waals surface area contributed by atoms with Crippen molar-refractivity contribution in [1.29, 1.82) is 0 Å². The van der Waals surface area contributed by atoms with E-state index in [9.17, 15) is 17.6 Å². The number of hydrogen-bond donors (Lipinski definition) is 2. The average Bonchev–Trinajstić information content (AvgIpc) is 2.76. The van der Waals surface area contributed by atoms with Gasteiger partial charge in [-0.2, -0.15) is 0 Å². The number of halogens is 2. The molecule has 2 rings (SSSR count). The van der Waals surface area contributed by atoms with Crippen LogP contribution in [0.5, 0.6) is 0 Å². The Balaban J connectivity index is 0.00000264. The summed E-state index contributed by atoms with van der Waals surface area (Å²) in [6, 6.07) is 4.56. The zero-order valence-electron chi connectivity index (χ0n) is 12.6. The minimum atomic E-state index is -3.71. The predicted octanol–water partition coefficient (Wildman–Crippen LogP) is 0.738. The zero-order valence-corrected chi connectivity index (χ0v) is 14.3. The van der Waals surface area contributed by atoms with Gasteiger partial charge in [0.25, 0.3) is 0 Å². The molecule has 0 spiro atoms. The van der Waals surface area contributed by atoms with Crippen molar-refractivity contribution in [3.05, 3.63) is 30.1 Å². The molecule has 6 nitrogen and oxygen atoms in total. The van der Waals surface area contributed by atoms with Crippen molar-refractivity contribution in [1.82, 2.24) is 14.9 Å². The minimum absolute atomic E-state index is 0. The summed E-state index contributed by atoms with van der Waals surface area (Å²) < 4.78 is 39.1. The predicted molar refractivity (Wildman–Crippen MR) is 87.5 cm³/mol. The molecule has 0 radical (unpaired) electrons. The quantitative estimate of drug-likeness (QED) is 0.806. The molecule has 1 aliphatic heterocycles. The van der Waals surface area contributed by atoms with Crippen LogP contribution in [0.3, 0.4) is 0 Å². The molecule has 23 heavy (non-hydrogen) atoms. The van der Waals surface area contributed by atoms with Gasteiger partial charge < -0.3 is 10.2 Å². The standard InChI is InChI=1S/C14H20FN3O3S.ClH/c15-12-2-4-13(5-3-12)22(20,21)17-8-6-14(19)18-10-1-7-16-9-11-18;/h2-5,16-17H,1,6-11H2;1H. The number of rotatable bonds is 5. The number of benzene rings is 1. The molecule has 130 valence electrons. The van der Waals surface area contributed by atoms with E-state index in [0.29, 0.717) is 13.1 Å². The lowest BCUT2D eigenvalue weighted by Crippen LogP contribution is -2.36. The maximum Gasteiger partial charge on any atom is 0.240 e. The van der Waals surface area contributed by atoms with E-state index >= 15 is 0 Å². The Morgan fingerprint density at radius 1 is 1.22 bits per heavy atom. The van der Waals surface area contributed by atoms with E-state index in [1.54, 1.807) is 4.90 Å². The molecular weight excluding hydrogens is 345 g/mol. The number of amides is 1. The monoisotopic (exact) mass is 365 g/mol. The van der Waals surface area contributed by atoms with Crippen molar-refractivity contribution >= 4 is 28.3 Å². The average molecular weight is 366 g/mol. The van der Waals surface area contributed by atoms with Crippen molar-refractivity contribution < 1.29 is 17.6 Å². The largest absolute Gasteiger partial charge is 0.341 e. The maximum atomic E-state index is 12.8. The van der Waals surface area contributed by atoms with Crippen LogP contribution in [0.4, 0.5) is 4.39 Å². The first-order valence-corrected chi connectivity index (χ1v) is 8.71. The lowest BCUT2D eigenvalue weighted by molar-refractivity contribution is -0.130. The molecule has 9 heteroatoms. The Morgan fingerprint density at radius 3 is 2.61 bits per heavy atom. The number of sulfonamides is 1. The third kappa shape index (κ3) is 6.06. The van der Waals surface area contributed by atoms with Crippen molar-refractivity contribution in [3.8, 4) is 0 Å². The molecule has 1 aromatic rings. The topological polar surface area (TPSA) is 78.5 Å². The first-order chi connectivity index (χ1) is 10.5. The van der Waals surface area contributed by atoms with Crippen LogP contribution in [0.25, 0.3) is 0 Å². The summed E-state index contributed by atoms with van der Waals surface area (Å²) in [6.45, 7) is 3.01. The van der Waals surface area contributed by atoms with Crippen LogP contribution >= 0.6 is 12.4 Å². The van der Waals surface area contributed by atoms with E-state index in [-0.39, 0.29) is 36.2 Å². The second-order valence-corrected chi connectivity index (χ2v) is 6.85. The molecule has 0 atom stereocenters. The van der Waals surface area contributed by atoms with Gasteiger partial charge >= 0.3 is 0 Å². The lowest BCUT2D eigenvalue weighted by atomic mass is 10.3. The fourth-order valence-corrected chi connectivity index (χ4v) is 3.27. The normalized spacial score (nSPS) is 15.6. The summed E-state index contributed by atoms with van der Waals surface area (Å²) in [7, 11) is -3.71. The van der Waals surface area contributed by atoms with Gasteiger partial charge in [0.2, 0.25) is 15.9 Å². The van der Waals surface area contributed by atoms with Crippen molar-refractivity contribution in [3.63, 3.8) is 0 Å². The maximum absolute atomic E-state index is 12.8. The van der Waals surface area contributed by atoms with Crippen LogP contribution in [0.1, 0.15) is 12.8 Å². The Labute approximate surface area is 141 Å². The molecule has 1 aliphatic rings. The Hall–Kier alpha value is -1.22. The Bertz CT molecular complexity index is 602. The second kappa shape index (κ2) is 9.17. The van der Waals surface area contributed by atoms with Crippen molar-refractivity contribution in [2.75, 3.05) is 32.7 Å². The van der Waals surface area contributed by atoms with Gasteiger partial charge in [-0.1, -0.05) is 0 Å². The summed E-state index contributed by atoms with van der Waals surface area (Å²) in [5, 5.41) is 3.20. The lowest BCUT2D eigenvalue weighted by Gasteiger charge is -2.19. The van der Waals surface area contributed by atoms with Crippen LogP contribution in [-0.2, 0) is 14.8 Å². The molecule has 1 aromatic carbocycles. The summed E-state index contributed by atoms with van der Waals surface area (Å²) in [5.41, 5.74) is 0. The molecule has 0 bridgehead atoms. The van der Waals surface area contributed by atoms with Crippen LogP contribution in [0.2, 0.25) is 0 Å². The molecule has 0 aromatic heterocycles.